The lowest BCUT2D eigenvalue weighted by molar-refractivity contribution is 0.0953. The van der Waals surface area contributed by atoms with Crippen LogP contribution in [0.1, 0.15) is 24.2 Å². The molecule has 1 aromatic rings. The number of nitrogens with one attached hydrogen (secondary N) is 1. The average molecular weight is 372 g/mol. The highest BCUT2D eigenvalue weighted by molar-refractivity contribution is 7.89. The molecular weight excluding hydrogens is 348 g/mol. The highest BCUT2D eigenvalue weighted by atomic mass is 32.2. The number of amides is 1. The van der Waals surface area contributed by atoms with Crippen molar-refractivity contribution < 1.29 is 27.4 Å². The molecule has 0 aliphatic carbocycles. The lowest BCUT2D eigenvalue weighted by Crippen LogP contribution is -2.46. The molecule has 1 saturated heterocycles. The summed E-state index contributed by atoms with van der Waals surface area (Å²) in [5.41, 5.74) is -0.271. The van der Waals surface area contributed by atoms with Crippen molar-refractivity contribution in [2.45, 2.75) is 19.4 Å². The van der Waals surface area contributed by atoms with E-state index in [1.54, 1.807) is 32.0 Å². The third-order valence-corrected chi connectivity index (χ3v) is 5.96. The van der Waals surface area contributed by atoms with Gasteiger partial charge in [-0.3, -0.25) is 4.79 Å². The fraction of sp³-hybridized carbons (Fsp3) is 0.562. The summed E-state index contributed by atoms with van der Waals surface area (Å²) in [6.07, 6.45) is 0. The van der Waals surface area contributed by atoms with Crippen molar-refractivity contribution in [2.75, 3.05) is 39.9 Å². The van der Waals surface area contributed by atoms with Crippen LogP contribution in [0, 0.1) is 0 Å². The van der Waals surface area contributed by atoms with Crippen molar-refractivity contribution in [3.63, 3.8) is 0 Å². The first-order chi connectivity index (χ1) is 11.7. The molecule has 1 aromatic carbocycles. The van der Waals surface area contributed by atoms with Gasteiger partial charge >= 0.3 is 0 Å². The van der Waals surface area contributed by atoms with Gasteiger partial charge in [-0.15, -0.1) is 0 Å². The third-order valence-electron chi connectivity index (χ3n) is 3.97. The van der Waals surface area contributed by atoms with E-state index in [9.17, 15) is 13.2 Å². The summed E-state index contributed by atoms with van der Waals surface area (Å²) in [6.45, 7) is 3.98. The number of ether oxygens (including phenoxy) is 3. The molecule has 0 bridgehead atoms. The lowest BCUT2D eigenvalue weighted by atomic mass is 10.1. The van der Waals surface area contributed by atoms with Gasteiger partial charge in [-0.2, -0.15) is 4.31 Å². The van der Waals surface area contributed by atoms with Gasteiger partial charge in [0.1, 0.15) is 18.2 Å². The SMILES string of the molecule is COc1ccc(C(=O)NCCS(=O)(=O)N2COCC2(C)C)c(OC)c1. The van der Waals surface area contributed by atoms with E-state index in [0.29, 0.717) is 23.7 Å². The maximum absolute atomic E-state index is 12.4. The Kier molecular flexibility index (Phi) is 5.91. The predicted molar refractivity (Wildman–Crippen MR) is 92.4 cm³/mol. The topological polar surface area (TPSA) is 94.2 Å². The molecule has 0 radical (unpaired) electrons. The number of carbonyl (C=O) groups excluding carboxylic acids is 1. The number of sulfonamides is 1. The van der Waals surface area contributed by atoms with Gasteiger partial charge in [0.05, 0.1) is 37.7 Å². The van der Waals surface area contributed by atoms with E-state index in [-0.39, 0.29) is 19.0 Å². The molecule has 8 nitrogen and oxygen atoms in total. The molecule has 9 heteroatoms. The van der Waals surface area contributed by atoms with E-state index >= 15 is 0 Å². The minimum atomic E-state index is -3.53. The summed E-state index contributed by atoms with van der Waals surface area (Å²) in [5.74, 6) is 0.303. The Bertz CT molecular complexity index is 732. The van der Waals surface area contributed by atoms with Crippen LogP contribution in [-0.2, 0) is 14.8 Å². The minimum absolute atomic E-state index is 0.0110. The highest BCUT2D eigenvalue weighted by Gasteiger charge is 2.40. The Balaban J connectivity index is 1.99. The van der Waals surface area contributed by atoms with Gasteiger partial charge in [0, 0.05) is 12.6 Å². The molecule has 1 fully saturated rings. The van der Waals surface area contributed by atoms with Crippen molar-refractivity contribution in [1.29, 1.82) is 0 Å². The fourth-order valence-electron chi connectivity index (χ4n) is 2.57. The van der Waals surface area contributed by atoms with Crippen LogP contribution in [0.15, 0.2) is 18.2 Å². The molecule has 0 aromatic heterocycles. The Labute approximate surface area is 148 Å². The number of hydrogen-bond acceptors (Lipinski definition) is 6. The molecule has 25 heavy (non-hydrogen) atoms. The minimum Gasteiger partial charge on any atom is -0.497 e. The van der Waals surface area contributed by atoms with Crippen LogP contribution in [0.4, 0.5) is 0 Å². The second-order valence-corrected chi connectivity index (χ2v) is 8.29. The molecule has 0 saturated carbocycles. The van der Waals surface area contributed by atoms with E-state index < -0.39 is 21.5 Å². The molecule has 1 aliphatic heterocycles. The number of carbonyl (C=O) groups is 1. The van der Waals surface area contributed by atoms with Crippen molar-refractivity contribution in [1.82, 2.24) is 9.62 Å². The van der Waals surface area contributed by atoms with Gasteiger partial charge in [0.25, 0.3) is 5.91 Å². The third kappa shape index (κ3) is 4.42. The van der Waals surface area contributed by atoms with Crippen molar-refractivity contribution in [3.05, 3.63) is 23.8 Å². The second kappa shape index (κ2) is 7.59. The Hall–Kier alpha value is -1.84. The first kappa shape index (κ1) is 19.5. The predicted octanol–water partition coefficient (Wildman–Crippen LogP) is 0.832. The zero-order valence-electron chi connectivity index (χ0n) is 14.9. The van der Waals surface area contributed by atoms with Crippen LogP contribution in [-0.4, -0.2) is 64.0 Å². The Morgan fingerprint density at radius 3 is 2.60 bits per heavy atom. The summed E-state index contributed by atoms with van der Waals surface area (Å²) >= 11 is 0. The highest BCUT2D eigenvalue weighted by Crippen LogP contribution is 2.26. The zero-order chi connectivity index (χ0) is 18.7. The monoisotopic (exact) mass is 372 g/mol. The maximum atomic E-state index is 12.4. The van der Waals surface area contributed by atoms with Crippen LogP contribution in [0.2, 0.25) is 0 Å². The summed E-state index contributed by atoms with van der Waals surface area (Å²) in [5, 5.41) is 2.61. The molecule has 0 atom stereocenters. The van der Waals surface area contributed by atoms with Crippen molar-refractivity contribution in [2.24, 2.45) is 0 Å². The molecule has 0 unspecified atom stereocenters. The van der Waals surface area contributed by atoms with E-state index in [4.69, 9.17) is 14.2 Å². The van der Waals surface area contributed by atoms with Gasteiger partial charge in [-0.05, 0) is 26.0 Å². The first-order valence-electron chi connectivity index (χ1n) is 7.80. The summed E-state index contributed by atoms with van der Waals surface area (Å²) in [7, 11) is -0.563. The number of benzene rings is 1. The number of hydrogen-bond donors (Lipinski definition) is 1. The molecule has 140 valence electrons. The molecule has 1 N–H and O–H groups in total. The van der Waals surface area contributed by atoms with Crippen LogP contribution in [0.3, 0.4) is 0 Å². The normalized spacial score (nSPS) is 17.3. The van der Waals surface area contributed by atoms with E-state index in [2.05, 4.69) is 5.32 Å². The van der Waals surface area contributed by atoms with E-state index in [1.165, 1.54) is 18.5 Å². The van der Waals surface area contributed by atoms with Gasteiger partial charge in [0.2, 0.25) is 10.0 Å². The van der Waals surface area contributed by atoms with E-state index in [0.717, 1.165) is 0 Å². The average Bonchev–Trinajstić information content (AvgIpc) is 2.94. The zero-order valence-corrected chi connectivity index (χ0v) is 15.7. The van der Waals surface area contributed by atoms with Crippen LogP contribution >= 0.6 is 0 Å². The quantitative estimate of drug-likeness (QED) is 0.762. The molecule has 2 rings (SSSR count). The van der Waals surface area contributed by atoms with Gasteiger partial charge in [-0.25, -0.2) is 8.42 Å². The Morgan fingerprint density at radius 1 is 1.32 bits per heavy atom. The largest absolute Gasteiger partial charge is 0.497 e. The van der Waals surface area contributed by atoms with Crippen LogP contribution < -0.4 is 14.8 Å². The lowest BCUT2D eigenvalue weighted by Gasteiger charge is -2.28. The van der Waals surface area contributed by atoms with E-state index in [1.807, 2.05) is 0 Å². The van der Waals surface area contributed by atoms with Crippen LogP contribution in [0.25, 0.3) is 0 Å². The number of nitrogens with zero attached hydrogens (tertiary/aromatic N) is 1. The van der Waals surface area contributed by atoms with Gasteiger partial charge in [-0.1, -0.05) is 0 Å². The van der Waals surface area contributed by atoms with Gasteiger partial charge < -0.3 is 19.5 Å². The maximum Gasteiger partial charge on any atom is 0.255 e. The number of rotatable bonds is 7. The van der Waals surface area contributed by atoms with Crippen molar-refractivity contribution in [3.8, 4) is 11.5 Å². The molecule has 1 amide bonds. The summed E-state index contributed by atoms with van der Waals surface area (Å²) in [6, 6.07) is 4.80. The molecular formula is C16H24N2O6S. The van der Waals surface area contributed by atoms with Crippen molar-refractivity contribution >= 4 is 15.9 Å². The molecule has 1 heterocycles. The molecule has 1 aliphatic rings. The first-order valence-corrected chi connectivity index (χ1v) is 9.40. The Morgan fingerprint density at radius 2 is 2.04 bits per heavy atom. The second-order valence-electron chi connectivity index (χ2n) is 6.28. The number of methoxy groups -OCH3 is 2. The van der Waals surface area contributed by atoms with Crippen LogP contribution in [0.5, 0.6) is 11.5 Å². The summed E-state index contributed by atoms with van der Waals surface area (Å²) in [4.78, 5) is 12.3. The fourth-order valence-corrected chi connectivity index (χ4v) is 4.19. The standard InChI is InChI=1S/C16H24N2O6S/c1-16(2)10-24-11-18(16)25(20,21)8-7-17-15(19)13-6-5-12(22-3)9-14(13)23-4/h5-6,9H,7-8,10-11H2,1-4H3,(H,17,19). The smallest absolute Gasteiger partial charge is 0.255 e. The molecule has 0 spiro atoms. The van der Waals surface area contributed by atoms with Gasteiger partial charge in [0.15, 0.2) is 0 Å². The summed E-state index contributed by atoms with van der Waals surface area (Å²) < 4.78 is 41.7.